The van der Waals surface area contributed by atoms with Gasteiger partial charge >= 0.3 is 5.97 Å². The summed E-state index contributed by atoms with van der Waals surface area (Å²) >= 11 is 0. The summed E-state index contributed by atoms with van der Waals surface area (Å²) in [7, 11) is 0. The standard InChI is InChI=1S/C8H10O4/c1-5-3-2-4-8(12,6(5)9)7(10)11/h2-4,6,9,12H,1H3,(H,10,11)/t6-,8+/m0/s1. The van der Waals surface area contributed by atoms with Crippen molar-refractivity contribution in [3.05, 3.63) is 23.8 Å². The van der Waals surface area contributed by atoms with E-state index in [1.165, 1.54) is 6.08 Å². The first-order chi connectivity index (χ1) is 5.48. The second-order valence-corrected chi connectivity index (χ2v) is 2.80. The third kappa shape index (κ3) is 1.15. The van der Waals surface area contributed by atoms with Crippen LogP contribution in [0.5, 0.6) is 0 Å². The predicted octanol–water partition coefficient (Wildman–Crippen LogP) is -0.321. The molecule has 1 aliphatic rings. The second kappa shape index (κ2) is 2.73. The molecule has 1 rings (SSSR count). The zero-order chi connectivity index (χ0) is 9.35. The van der Waals surface area contributed by atoms with Crippen LogP contribution in [-0.4, -0.2) is 33.0 Å². The molecule has 0 radical (unpaired) electrons. The van der Waals surface area contributed by atoms with Gasteiger partial charge in [0.2, 0.25) is 5.60 Å². The van der Waals surface area contributed by atoms with Crippen molar-refractivity contribution >= 4 is 5.97 Å². The molecular weight excluding hydrogens is 160 g/mol. The third-order valence-electron chi connectivity index (χ3n) is 1.90. The molecule has 0 saturated heterocycles. The molecule has 2 atom stereocenters. The summed E-state index contributed by atoms with van der Waals surface area (Å²) in [6, 6.07) is 0. The van der Waals surface area contributed by atoms with Crippen molar-refractivity contribution in [1.29, 1.82) is 0 Å². The van der Waals surface area contributed by atoms with Crippen LogP contribution in [0, 0.1) is 0 Å². The number of hydrogen-bond acceptors (Lipinski definition) is 3. The van der Waals surface area contributed by atoms with Crippen LogP contribution >= 0.6 is 0 Å². The summed E-state index contributed by atoms with van der Waals surface area (Å²) in [5, 5.41) is 27.3. The Hall–Kier alpha value is -1.13. The van der Waals surface area contributed by atoms with E-state index in [0.29, 0.717) is 5.57 Å². The Morgan fingerprint density at radius 1 is 1.67 bits per heavy atom. The highest BCUT2D eigenvalue weighted by Crippen LogP contribution is 2.23. The van der Waals surface area contributed by atoms with Crippen molar-refractivity contribution in [2.45, 2.75) is 18.6 Å². The van der Waals surface area contributed by atoms with Gasteiger partial charge in [-0.1, -0.05) is 12.2 Å². The highest BCUT2D eigenvalue weighted by molar-refractivity contribution is 5.82. The fraction of sp³-hybridized carbons (Fsp3) is 0.375. The van der Waals surface area contributed by atoms with Gasteiger partial charge in [0.05, 0.1) is 0 Å². The maximum absolute atomic E-state index is 10.5. The lowest BCUT2D eigenvalue weighted by atomic mass is 9.87. The topological polar surface area (TPSA) is 77.8 Å². The number of allylic oxidation sites excluding steroid dienone is 2. The molecule has 4 nitrogen and oxygen atoms in total. The average Bonchev–Trinajstić information content (AvgIpc) is 2.00. The molecule has 0 fully saturated rings. The zero-order valence-electron chi connectivity index (χ0n) is 6.56. The smallest absolute Gasteiger partial charge is 0.342 e. The Kier molecular flexibility index (Phi) is 2.04. The highest BCUT2D eigenvalue weighted by atomic mass is 16.4. The van der Waals surface area contributed by atoms with Gasteiger partial charge in [0, 0.05) is 0 Å². The van der Waals surface area contributed by atoms with Crippen LogP contribution in [0.1, 0.15) is 6.92 Å². The minimum absolute atomic E-state index is 0.433. The first-order valence-electron chi connectivity index (χ1n) is 3.48. The lowest BCUT2D eigenvalue weighted by Gasteiger charge is -2.28. The first-order valence-corrected chi connectivity index (χ1v) is 3.48. The summed E-state index contributed by atoms with van der Waals surface area (Å²) in [5.74, 6) is -1.45. The second-order valence-electron chi connectivity index (χ2n) is 2.80. The lowest BCUT2D eigenvalue weighted by molar-refractivity contribution is -0.161. The molecule has 12 heavy (non-hydrogen) atoms. The van der Waals surface area contributed by atoms with Crippen LogP contribution in [0.4, 0.5) is 0 Å². The molecule has 0 aromatic heterocycles. The van der Waals surface area contributed by atoms with Crippen LogP contribution in [0.3, 0.4) is 0 Å². The quantitative estimate of drug-likeness (QED) is 0.504. The minimum atomic E-state index is -2.17. The average molecular weight is 170 g/mol. The van der Waals surface area contributed by atoms with Crippen molar-refractivity contribution in [2.24, 2.45) is 0 Å². The maximum atomic E-state index is 10.5. The molecule has 0 aromatic rings. The molecule has 0 saturated carbocycles. The van der Waals surface area contributed by atoms with Crippen molar-refractivity contribution in [1.82, 2.24) is 0 Å². The Bertz CT molecular complexity index is 266. The molecule has 0 aliphatic heterocycles. The van der Waals surface area contributed by atoms with Gasteiger partial charge in [0.1, 0.15) is 6.10 Å². The Morgan fingerprint density at radius 2 is 2.25 bits per heavy atom. The number of rotatable bonds is 1. The van der Waals surface area contributed by atoms with Gasteiger partial charge in [-0.05, 0) is 18.6 Å². The third-order valence-corrected chi connectivity index (χ3v) is 1.90. The minimum Gasteiger partial charge on any atom is -0.479 e. The van der Waals surface area contributed by atoms with E-state index in [2.05, 4.69) is 0 Å². The van der Waals surface area contributed by atoms with E-state index in [1.54, 1.807) is 13.0 Å². The van der Waals surface area contributed by atoms with Crippen LogP contribution in [-0.2, 0) is 4.79 Å². The normalized spacial score (nSPS) is 34.6. The van der Waals surface area contributed by atoms with E-state index in [9.17, 15) is 15.0 Å². The predicted molar refractivity (Wildman–Crippen MR) is 41.5 cm³/mol. The summed E-state index contributed by atoms with van der Waals surface area (Å²) in [6.45, 7) is 1.56. The zero-order valence-corrected chi connectivity index (χ0v) is 6.56. The van der Waals surface area contributed by atoms with Gasteiger partial charge in [-0.2, -0.15) is 0 Å². The van der Waals surface area contributed by atoms with E-state index in [-0.39, 0.29) is 0 Å². The SMILES string of the molecule is CC1=CC=C[C@](O)(C(=O)O)[C@H]1O. The first kappa shape index (κ1) is 8.96. The van der Waals surface area contributed by atoms with E-state index >= 15 is 0 Å². The molecule has 0 aromatic carbocycles. The molecule has 3 N–H and O–H groups in total. The Balaban J connectivity index is 3.03. The van der Waals surface area contributed by atoms with Crippen LogP contribution in [0.25, 0.3) is 0 Å². The summed E-state index contributed by atoms with van der Waals surface area (Å²) in [4.78, 5) is 10.5. The molecule has 1 aliphatic carbocycles. The van der Waals surface area contributed by atoms with Crippen LogP contribution in [0.2, 0.25) is 0 Å². The molecule has 0 spiro atoms. The number of carbonyl (C=O) groups is 1. The van der Waals surface area contributed by atoms with E-state index < -0.39 is 17.7 Å². The monoisotopic (exact) mass is 170 g/mol. The lowest BCUT2D eigenvalue weighted by Crippen LogP contribution is -2.49. The summed E-state index contributed by atoms with van der Waals surface area (Å²) in [6.07, 6.45) is 2.67. The van der Waals surface area contributed by atoms with Crippen molar-refractivity contribution in [3.63, 3.8) is 0 Å². The number of carboxylic acid groups (broad SMARTS) is 1. The number of carboxylic acids is 1. The fourth-order valence-electron chi connectivity index (χ4n) is 1.06. The molecule has 0 bridgehead atoms. The maximum Gasteiger partial charge on any atom is 0.342 e. The Morgan fingerprint density at radius 3 is 2.67 bits per heavy atom. The van der Waals surface area contributed by atoms with Gasteiger partial charge in [-0.15, -0.1) is 0 Å². The molecule has 0 amide bonds. The number of aliphatic hydroxyl groups is 2. The highest BCUT2D eigenvalue weighted by Gasteiger charge is 2.43. The van der Waals surface area contributed by atoms with E-state index in [0.717, 1.165) is 6.08 Å². The fourth-order valence-corrected chi connectivity index (χ4v) is 1.06. The van der Waals surface area contributed by atoms with Gasteiger partial charge in [-0.25, -0.2) is 4.79 Å². The summed E-state index contributed by atoms with van der Waals surface area (Å²) < 4.78 is 0. The number of aliphatic hydroxyl groups excluding tert-OH is 1. The molecule has 4 heteroatoms. The van der Waals surface area contributed by atoms with Crippen LogP contribution in [0.15, 0.2) is 23.8 Å². The summed E-state index contributed by atoms with van der Waals surface area (Å²) in [5.41, 5.74) is -1.74. The largest absolute Gasteiger partial charge is 0.479 e. The Labute approximate surface area is 69.5 Å². The van der Waals surface area contributed by atoms with E-state index in [4.69, 9.17) is 5.11 Å². The van der Waals surface area contributed by atoms with Gasteiger partial charge < -0.3 is 15.3 Å². The van der Waals surface area contributed by atoms with Gasteiger partial charge in [0.15, 0.2) is 0 Å². The van der Waals surface area contributed by atoms with Gasteiger partial charge in [-0.3, -0.25) is 0 Å². The van der Waals surface area contributed by atoms with Crippen molar-refractivity contribution in [2.75, 3.05) is 0 Å². The van der Waals surface area contributed by atoms with E-state index in [1.807, 2.05) is 0 Å². The number of aliphatic carboxylic acids is 1. The molecular formula is C8H10O4. The molecule has 0 heterocycles. The number of hydrogen-bond donors (Lipinski definition) is 3. The van der Waals surface area contributed by atoms with Crippen LogP contribution < -0.4 is 0 Å². The molecule has 66 valence electrons. The van der Waals surface area contributed by atoms with Gasteiger partial charge in [0.25, 0.3) is 0 Å². The molecule has 0 unspecified atom stereocenters. The van der Waals surface area contributed by atoms with Crippen molar-refractivity contribution in [3.8, 4) is 0 Å². The van der Waals surface area contributed by atoms with Crippen molar-refractivity contribution < 1.29 is 20.1 Å².